The first-order valence-electron chi connectivity index (χ1n) is 11.0. The lowest BCUT2D eigenvalue weighted by atomic mass is 10.1. The molecular weight excluding hydrogens is 503 g/mol. The summed E-state index contributed by atoms with van der Waals surface area (Å²) in [7, 11) is 1.59. The Hall–Kier alpha value is -4.12. The van der Waals surface area contributed by atoms with Crippen molar-refractivity contribution in [2.45, 2.75) is 18.3 Å². The monoisotopic (exact) mass is 525 g/mol. The summed E-state index contributed by atoms with van der Waals surface area (Å²) in [5, 5.41) is 12.8. The standard InChI is InChI=1S/C26H22F3N5O2S/c1-17-7-11-20(12-8-17)34-24(18-9-13-21(36-2)14-10-18)32-33-25(34)37-16-23(35)31-30-15-19-5-3-4-6-22(19)26(27,28)29/h3-15H,16H2,1-2H3,(H,31,35)/b30-15+. The van der Waals surface area contributed by atoms with Crippen molar-refractivity contribution in [1.29, 1.82) is 0 Å². The number of amides is 1. The van der Waals surface area contributed by atoms with Gasteiger partial charge in [-0.05, 0) is 49.4 Å². The Labute approximate surface area is 215 Å². The summed E-state index contributed by atoms with van der Waals surface area (Å²) in [4.78, 5) is 12.4. The second kappa shape index (κ2) is 11.3. The van der Waals surface area contributed by atoms with Crippen LogP contribution < -0.4 is 10.2 Å². The maximum atomic E-state index is 13.1. The predicted octanol–water partition coefficient (Wildman–Crippen LogP) is 5.51. The molecule has 1 heterocycles. The number of carbonyl (C=O) groups is 1. The van der Waals surface area contributed by atoms with Crippen molar-refractivity contribution in [2.75, 3.05) is 12.9 Å². The highest BCUT2D eigenvalue weighted by atomic mass is 32.2. The minimum Gasteiger partial charge on any atom is -0.497 e. The maximum Gasteiger partial charge on any atom is 0.417 e. The fourth-order valence-corrected chi connectivity index (χ4v) is 4.17. The van der Waals surface area contributed by atoms with Crippen molar-refractivity contribution >= 4 is 23.9 Å². The molecule has 4 rings (SSSR count). The summed E-state index contributed by atoms with van der Waals surface area (Å²) < 4.78 is 46.5. The predicted molar refractivity (Wildman–Crippen MR) is 136 cm³/mol. The zero-order valence-corrected chi connectivity index (χ0v) is 20.7. The Balaban J connectivity index is 1.51. The van der Waals surface area contributed by atoms with Crippen molar-refractivity contribution in [1.82, 2.24) is 20.2 Å². The number of aryl methyl sites for hydroxylation is 1. The van der Waals surface area contributed by atoms with Crippen LogP contribution in [0.2, 0.25) is 0 Å². The maximum absolute atomic E-state index is 13.1. The number of rotatable bonds is 8. The lowest BCUT2D eigenvalue weighted by molar-refractivity contribution is -0.137. The average molecular weight is 526 g/mol. The van der Waals surface area contributed by atoms with Gasteiger partial charge in [-0.25, -0.2) is 5.43 Å². The van der Waals surface area contributed by atoms with Crippen LogP contribution in [-0.4, -0.2) is 39.7 Å². The van der Waals surface area contributed by atoms with Gasteiger partial charge in [0.2, 0.25) is 0 Å². The van der Waals surface area contributed by atoms with Gasteiger partial charge in [0.25, 0.3) is 5.91 Å². The summed E-state index contributed by atoms with van der Waals surface area (Å²) in [5.74, 6) is 0.700. The van der Waals surface area contributed by atoms with E-state index in [0.29, 0.717) is 16.7 Å². The Morgan fingerprint density at radius 3 is 2.43 bits per heavy atom. The highest BCUT2D eigenvalue weighted by Crippen LogP contribution is 2.31. The smallest absolute Gasteiger partial charge is 0.417 e. The van der Waals surface area contributed by atoms with E-state index in [1.165, 1.54) is 18.2 Å². The number of nitrogens with one attached hydrogen (secondary N) is 1. The molecule has 190 valence electrons. The van der Waals surface area contributed by atoms with Crippen LogP contribution >= 0.6 is 11.8 Å². The first-order valence-corrected chi connectivity index (χ1v) is 12.0. The van der Waals surface area contributed by atoms with Crippen molar-refractivity contribution in [2.24, 2.45) is 5.10 Å². The zero-order chi connectivity index (χ0) is 26.4. The van der Waals surface area contributed by atoms with Crippen molar-refractivity contribution in [3.63, 3.8) is 0 Å². The first kappa shape index (κ1) is 26.0. The van der Waals surface area contributed by atoms with Crippen LogP contribution in [-0.2, 0) is 11.0 Å². The van der Waals surface area contributed by atoms with E-state index < -0.39 is 17.6 Å². The van der Waals surface area contributed by atoms with Gasteiger partial charge >= 0.3 is 6.18 Å². The van der Waals surface area contributed by atoms with Crippen LogP contribution in [0.3, 0.4) is 0 Å². The summed E-state index contributed by atoms with van der Waals surface area (Å²) in [6.45, 7) is 1.98. The number of thioether (sulfide) groups is 1. The Kier molecular flexibility index (Phi) is 7.92. The fourth-order valence-electron chi connectivity index (χ4n) is 3.42. The first-order chi connectivity index (χ1) is 17.8. The molecule has 0 unspecified atom stereocenters. The summed E-state index contributed by atoms with van der Waals surface area (Å²) in [5.41, 5.74) is 3.99. The van der Waals surface area contributed by atoms with E-state index in [-0.39, 0.29) is 11.3 Å². The highest BCUT2D eigenvalue weighted by molar-refractivity contribution is 7.99. The Morgan fingerprint density at radius 2 is 1.76 bits per heavy atom. The van der Waals surface area contributed by atoms with Crippen molar-refractivity contribution in [3.8, 4) is 22.8 Å². The SMILES string of the molecule is COc1ccc(-c2nnc(SCC(=O)N/N=C/c3ccccc3C(F)(F)F)n2-c2ccc(C)cc2)cc1. The van der Waals surface area contributed by atoms with Gasteiger partial charge in [0.1, 0.15) is 5.75 Å². The number of hydrazone groups is 1. The minimum atomic E-state index is -4.52. The lowest BCUT2D eigenvalue weighted by Gasteiger charge is -2.11. The van der Waals surface area contributed by atoms with E-state index in [4.69, 9.17) is 4.74 Å². The topological polar surface area (TPSA) is 81.4 Å². The summed E-state index contributed by atoms with van der Waals surface area (Å²) in [6.07, 6.45) is -3.55. The van der Waals surface area contributed by atoms with E-state index in [9.17, 15) is 18.0 Å². The summed E-state index contributed by atoms with van der Waals surface area (Å²) >= 11 is 1.13. The zero-order valence-electron chi connectivity index (χ0n) is 19.9. The van der Waals surface area contributed by atoms with Crippen LogP contribution in [0, 0.1) is 6.92 Å². The van der Waals surface area contributed by atoms with Crippen LogP contribution in [0.4, 0.5) is 13.2 Å². The molecular formula is C26H22F3N5O2S. The Bertz CT molecular complexity index is 1400. The third-order valence-electron chi connectivity index (χ3n) is 5.27. The molecule has 0 atom stereocenters. The molecule has 7 nitrogen and oxygen atoms in total. The fraction of sp³-hybridized carbons (Fsp3) is 0.154. The molecule has 3 aromatic carbocycles. The number of alkyl halides is 3. The minimum absolute atomic E-state index is 0.0785. The van der Waals surface area contributed by atoms with Crippen LogP contribution in [0.15, 0.2) is 83.1 Å². The molecule has 37 heavy (non-hydrogen) atoms. The number of methoxy groups -OCH3 is 1. The number of hydrogen-bond donors (Lipinski definition) is 1. The average Bonchev–Trinajstić information content (AvgIpc) is 3.31. The molecule has 0 aliphatic carbocycles. The lowest BCUT2D eigenvalue weighted by Crippen LogP contribution is -2.20. The van der Waals surface area contributed by atoms with E-state index in [1.54, 1.807) is 7.11 Å². The van der Waals surface area contributed by atoms with Gasteiger partial charge in [-0.3, -0.25) is 9.36 Å². The van der Waals surface area contributed by atoms with Gasteiger partial charge in [0, 0.05) is 16.8 Å². The van der Waals surface area contributed by atoms with Gasteiger partial charge in [-0.2, -0.15) is 18.3 Å². The number of aromatic nitrogens is 3. The van der Waals surface area contributed by atoms with E-state index in [2.05, 4.69) is 20.7 Å². The van der Waals surface area contributed by atoms with Gasteiger partial charge in [-0.1, -0.05) is 47.7 Å². The molecule has 0 aliphatic heterocycles. The largest absolute Gasteiger partial charge is 0.497 e. The molecule has 0 fully saturated rings. The molecule has 1 aromatic heterocycles. The number of nitrogens with zero attached hydrogens (tertiary/aromatic N) is 4. The molecule has 11 heteroatoms. The quantitative estimate of drug-likeness (QED) is 0.186. The number of carbonyl (C=O) groups excluding carboxylic acids is 1. The molecule has 0 bridgehead atoms. The van der Waals surface area contributed by atoms with Crippen LogP contribution in [0.25, 0.3) is 17.1 Å². The molecule has 0 saturated carbocycles. The van der Waals surface area contributed by atoms with E-state index in [1.807, 2.05) is 60.0 Å². The van der Waals surface area contributed by atoms with E-state index >= 15 is 0 Å². The van der Waals surface area contributed by atoms with Gasteiger partial charge in [-0.15, -0.1) is 10.2 Å². The van der Waals surface area contributed by atoms with Crippen LogP contribution in [0.5, 0.6) is 5.75 Å². The van der Waals surface area contributed by atoms with Gasteiger partial charge in [0.05, 0.1) is 24.6 Å². The number of hydrogen-bond acceptors (Lipinski definition) is 6. The molecule has 1 N–H and O–H groups in total. The third-order valence-corrected chi connectivity index (χ3v) is 6.19. The normalized spacial score (nSPS) is 11.6. The molecule has 1 amide bonds. The van der Waals surface area contributed by atoms with Crippen molar-refractivity contribution < 1.29 is 22.7 Å². The number of halogens is 3. The van der Waals surface area contributed by atoms with E-state index in [0.717, 1.165) is 40.9 Å². The molecule has 0 spiro atoms. The molecule has 4 aromatic rings. The second-order valence-electron chi connectivity index (χ2n) is 7.87. The number of benzene rings is 3. The van der Waals surface area contributed by atoms with Gasteiger partial charge < -0.3 is 4.74 Å². The van der Waals surface area contributed by atoms with Crippen molar-refractivity contribution in [3.05, 3.63) is 89.5 Å². The Morgan fingerprint density at radius 1 is 1.05 bits per heavy atom. The molecule has 0 radical (unpaired) electrons. The third kappa shape index (κ3) is 6.36. The highest BCUT2D eigenvalue weighted by Gasteiger charge is 2.32. The molecule has 0 aliphatic rings. The van der Waals surface area contributed by atoms with Crippen LogP contribution in [0.1, 0.15) is 16.7 Å². The summed E-state index contributed by atoms with van der Waals surface area (Å²) in [6, 6.07) is 20.1. The second-order valence-corrected chi connectivity index (χ2v) is 8.82. The number of ether oxygens (including phenoxy) is 1. The van der Waals surface area contributed by atoms with Gasteiger partial charge in [0.15, 0.2) is 11.0 Å². The molecule has 0 saturated heterocycles.